The molecule has 5 heterocycles. The molecular formula is C64H86N8O8Zn. The Morgan fingerprint density at radius 3 is 0.580 bits per heavy atom. The van der Waals surface area contributed by atoms with Crippen LogP contribution in [0.15, 0.2) is 48.5 Å². The Hall–Kier alpha value is -6.74. The summed E-state index contributed by atoms with van der Waals surface area (Å²) in [6, 6.07) is 16.1. The summed E-state index contributed by atoms with van der Waals surface area (Å²) in [4.78, 5) is 18.7. The van der Waals surface area contributed by atoms with E-state index in [9.17, 15) is 0 Å². The minimum atomic E-state index is 0. The van der Waals surface area contributed by atoms with E-state index >= 15 is 0 Å². The summed E-state index contributed by atoms with van der Waals surface area (Å²) < 4.78 is 54.0. The number of aromatic amines is 2. The number of rotatable bonds is 32. The Morgan fingerprint density at radius 1 is 0.259 bits per heavy atom. The van der Waals surface area contributed by atoms with E-state index in [0.29, 0.717) is 145 Å². The molecule has 0 unspecified atom stereocenters. The number of anilines is 8. The van der Waals surface area contributed by atoms with Gasteiger partial charge in [-0.15, -0.1) is 0 Å². The molecule has 0 fully saturated rings. The number of H-pyrrole nitrogens is 2. The van der Waals surface area contributed by atoms with Gasteiger partial charge in [-0.3, -0.25) is 0 Å². The fourth-order valence-electron chi connectivity index (χ4n) is 9.92. The van der Waals surface area contributed by atoms with Crippen LogP contribution in [-0.2, 0) is 19.5 Å². The topological polar surface area (TPSA) is 182 Å². The first-order valence-corrected chi connectivity index (χ1v) is 30.1. The van der Waals surface area contributed by atoms with E-state index in [1.165, 1.54) is 0 Å². The second-order valence-corrected chi connectivity index (χ2v) is 20.7. The van der Waals surface area contributed by atoms with E-state index in [0.717, 1.165) is 146 Å². The number of aromatic nitrogens is 4. The summed E-state index contributed by atoms with van der Waals surface area (Å²) in [5.41, 5.74) is 0. The van der Waals surface area contributed by atoms with Crippen molar-refractivity contribution < 1.29 is 57.4 Å². The molecule has 8 bridgehead atoms. The van der Waals surface area contributed by atoms with Crippen LogP contribution in [-0.4, -0.2) is 62.8 Å². The molecule has 4 aromatic carbocycles. The zero-order valence-corrected chi connectivity index (χ0v) is 52.4. The van der Waals surface area contributed by atoms with Gasteiger partial charge in [0.2, 0.25) is 0 Å². The molecule has 432 valence electrons. The predicted octanol–water partition coefficient (Wildman–Crippen LogP) is 17.6. The van der Waals surface area contributed by atoms with Gasteiger partial charge in [-0.1, -0.05) is 107 Å². The summed E-state index contributed by atoms with van der Waals surface area (Å²) in [5, 5.41) is 21.6. The van der Waals surface area contributed by atoms with Crippen molar-refractivity contribution in [2.75, 3.05) is 74.1 Å². The molecule has 1 aliphatic heterocycles. The second-order valence-electron chi connectivity index (χ2n) is 20.7. The van der Waals surface area contributed by atoms with Crippen molar-refractivity contribution in [3.63, 3.8) is 0 Å². The first-order chi connectivity index (χ1) is 39.4. The van der Waals surface area contributed by atoms with E-state index in [-0.39, 0.29) is 19.5 Å². The van der Waals surface area contributed by atoms with Gasteiger partial charge in [-0.05, 0) is 99.9 Å². The Labute approximate surface area is 491 Å². The number of hydrogen-bond acceptors (Lipinski definition) is 12. The number of ether oxygens (including phenoxy) is 8. The van der Waals surface area contributed by atoms with Crippen LogP contribution in [0, 0.1) is 0 Å². The maximum atomic E-state index is 6.75. The minimum Gasteiger partial charge on any atom is -0.493 e. The monoisotopic (exact) mass is 1160 g/mol. The molecule has 8 aromatic rings. The first-order valence-electron chi connectivity index (χ1n) is 30.1. The normalized spacial score (nSPS) is 12.0. The number of fused-ring (bicyclic) bond motifs is 20. The molecule has 0 radical (unpaired) electrons. The number of hydrogen-bond donors (Lipinski definition) is 6. The van der Waals surface area contributed by atoms with Crippen LogP contribution in [0.2, 0.25) is 0 Å². The molecule has 0 amide bonds. The molecule has 0 atom stereocenters. The molecule has 0 saturated carbocycles. The molecule has 6 N–H and O–H groups in total. The molecule has 0 aliphatic carbocycles. The van der Waals surface area contributed by atoms with Gasteiger partial charge in [-0.25, -0.2) is 0 Å². The van der Waals surface area contributed by atoms with Crippen molar-refractivity contribution in [3.8, 4) is 46.0 Å². The van der Waals surface area contributed by atoms with Crippen molar-refractivity contribution in [3.05, 3.63) is 48.5 Å². The van der Waals surface area contributed by atoms with Crippen LogP contribution in [0.5, 0.6) is 46.0 Å². The zero-order chi connectivity index (χ0) is 55.8. The minimum absolute atomic E-state index is 0. The van der Waals surface area contributed by atoms with Gasteiger partial charge >= 0.3 is 19.5 Å². The molecule has 81 heavy (non-hydrogen) atoms. The maximum Gasteiger partial charge on any atom is 2.00 e. The standard InChI is InChI=1S/C64H86N8O8.Zn/c1-9-17-33-73-41-25-26-42(74-34-18-10-2)50-49(41)57-65-58(50)70-60-53-45(77-37-21-13-5)29-30-46(78-38-22-14-6)54(53)62(67-60)72-64-56-48(80-40-24-16-8)32-31-47(79-39-23-15-7)55(56)63(68-64)71-61-52-44(76-36-20-12-4)28-27-43(75-35-19-11-3)51(52)59(66-61)69-57;/h25-32,65,68-72H,9-24,33-40H2,1-8H3;/q-2;+2. The van der Waals surface area contributed by atoms with E-state index in [1.54, 1.807) is 0 Å². The Kier molecular flexibility index (Phi) is 22.2. The van der Waals surface area contributed by atoms with Gasteiger partial charge in [-0.2, -0.15) is 0 Å². The average molecular weight is 1160 g/mol. The van der Waals surface area contributed by atoms with E-state index in [4.69, 9.17) is 47.9 Å². The van der Waals surface area contributed by atoms with Crippen molar-refractivity contribution in [1.82, 2.24) is 19.9 Å². The van der Waals surface area contributed by atoms with E-state index in [1.807, 2.05) is 48.5 Å². The largest absolute Gasteiger partial charge is 2.00 e. The third-order valence-electron chi connectivity index (χ3n) is 14.4. The molecule has 16 nitrogen and oxygen atoms in total. The van der Waals surface area contributed by atoms with Crippen molar-refractivity contribution in [2.45, 2.75) is 158 Å². The Balaban J connectivity index is 0.00000860. The molecular weight excluding hydrogens is 1070 g/mol. The van der Waals surface area contributed by atoms with Gasteiger partial charge in [0.1, 0.15) is 46.0 Å². The Morgan fingerprint density at radius 2 is 0.420 bits per heavy atom. The van der Waals surface area contributed by atoms with Crippen molar-refractivity contribution in [2.24, 2.45) is 0 Å². The second kappa shape index (κ2) is 29.8. The number of nitrogens with zero attached hydrogens (tertiary/aromatic N) is 2. The third kappa shape index (κ3) is 13.6. The third-order valence-corrected chi connectivity index (χ3v) is 14.4. The van der Waals surface area contributed by atoms with Crippen LogP contribution in [0.1, 0.15) is 158 Å². The van der Waals surface area contributed by atoms with Gasteiger partial charge < -0.3 is 79.1 Å². The van der Waals surface area contributed by atoms with Gasteiger partial charge in [0.05, 0.1) is 97.7 Å². The molecule has 9 rings (SSSR count). The van der Waals surface area contributed by atoms with Gasteiger partial charge in [0.15, 0.2) is 0 Å². The quantitative estimate of drug-likeness (QED) is 0.0173. The van der Waals surface area contributed by atoms with Gasteiger partial charge in [0.25, 0.3) is 0 Å². The number of unbranched alkanes of at least 4 members (excludes halogenated alkanes) is 8. The fourth-order valence-corrected chi connectivity index (χ4v) is 9.92. The smallest absolute Gasteiger partial charge is 0.493 e. The van der Waals surface area contributed by atoms with Crippen LogP contribution >= 0.6 is 0 Å². The van der Waals surface area contributed by atoms with Crippen LogP contribution in [0.25, 0.3) is 43.1 Å². The SMILES string of the molecule is CCCCOc1ccc(OCCCC)c2c3[n-]c(c12)Nc1[nH]c(c2c(OCCCC)ccc(OCCCC)c12)Nc1[n-]c(c2c(OCCCC)ccc(OCCCC)c12)Nc1[nH]c(c2c(OCCCC)ccc(OCCCC)c12)N3.[Zn+2]. The first kappa shape index (κ1) is 60.4. The predicted molar refractivity (Wildman–Crippen MR) is 327 cm³/mol. The number of nitrogens with one attached hydrogen (secondary N) is 6. The van der Waals surface area contributed by atoms with Crippen LogP contribution < -0.4 is 69.1 Å². The zero-order valence-electron chi connectivity index (χ0n) is 49.5. The van der Waals surface area contributed by atoms with Gasteiger partial charge in [0, 0.05) is 44.8 Å². The average Bonchev–Trinajstić information content (AvgIpc) is 4.44. The molecule has 17 heteroatoms. The van der Waals surface area contributed by atoms with Crippen molar-refractivity contribution in [1.29, 1.82) is 0 Å². The van der Waals surface area contributed by atoms with E-state index in [2.05, 4.69) is 86.6 Å². The molecule has 0 saturated heterocycles. The summed E-state index contributed by atoms with van der Waals surface area (Å²) in [7, 11) is 0. The van der Waals surface area contributed by atoms with Crippen LogP contribution in [0.3, 0.4) is 0 Å². The van der Waals surface area contributed by atoms with E-state index < -0.39 is 0 Å². The summed E-state index contributed by atoms with van der Waals surface area (Å²) in [6.45, 7) is 21.6. The molecule has 4 aromatic heterocycles. The van der Waals surface area contributed by atoms with Crippen LogP contribution in [0.4, 0.5) is 46.5 Å². The summed E-state index contributed by atoms with van der Waals surface area (Å²) >= 11 is 0. The van der Waals surface area contributed by atoms with Crippen molar-refractivity contribution >= 4 is 89.6 Å². The number of benzene rings is 4. The molecule has 1 aliphatic rings. The molecule has 0 spiro atoms. The fraction of sp³-hybridized carbons (Fsp3) is 0.500. The Bertz CT molecular complexity index is 2660. The summed E-state index contributed by atoms with van der Waals surface area (Å²) in [6.07, 6.45) is 14.9. The maximum absolute atomic E-state index is 6.75. The summed E-state index contributed by atoms with van der Waals surface area (Å²) in [5.74, 6) is 10.2.